The maximum absolute atomic E-state index is 10.0. The second kappa shape index (κ2) is 10.3. The first kappa shape index (κ1) is 20.4. The van der Waals surface area contributed by atoms with Crippen molar-refractivity contribution < 1.29 is 5.11 Å². The molecule has 0 fully saturated rings. The number of aromatic hydroxyl groups is 1. The normalized spacial score (nSPS) is 11.6. The van der Waals surface area contributed by atoms with Crippen molar-refractivity contribution in [1.82, 2.24) is 9.55 Å². The Morgan fingerprint density at radius 2 is 1.79 bits per heavy atom. The maximum Gasteiger partial charge on any atom is 0.230 e. The number of phenolic OH excluding ortho intramolecular Hbond substituents is 1. The minimum Gasteiger partial charge on any atom is -0.507 e. The predicted molar refractivity (Wildman–Crippen MR) is 118 cm³/mol. The molecule has 28 heavy (non-hydrogen) atoms. The number of fused-ring (bicyclic) bond motifs is 1. The smallest absolute Gasteiger partial charge is 0.230 e. The van der Waals surface area contributed by atoms with Crippen LogP contribution in [-0.2, 0) is 6.54 Å². The van der Waals surface area contributed by atoms with Gasteiger partial charge in [0.25, 0.3) is 0 Å². The second-order valence-electron chi connectivity index (χ2n) is 7.13. The highest BCUT2D eigenvalue weighted by Gasteiger charge is 2.09. The lowest BCUT2D eigenvalue weighted by Gasteiger charge is -2.07. The topological polar surface area (TPSA) is 50.4 Å². The van der Waals surface area contributed by atoms with Gasteiger partial charge < -0.3 is 9.67 Å². The molecular formula is C23H28ClN3O. The highest BCUT2D eigenvalue weighted by atomic mass is 35.5. The molecule has 1 heterocycles. The average Bonchev–Trinajstić information content (AvgIpc) is 3.05. The molecule has 3 aromatic rings. The molecule has 0 aliphatic heterocycles. The summed E-state index contributed by atoms with van der Waals surface area (Å²) in [5, 5.41) is 10.6. The van der Waals surface area contributed by atoms with E-state index in [4.69, 9.17) is 11.6 Å². The van der Waals surface area contributed by atoms with E-state index in [1.165, 1.54) is 38.5 Å². The van der Waals surface area contributed by atoms with Crippen LogP contribution < -0.4 is 0 Å². The number of halogens is 1. The van der Waals surface area contributed by atoms with Gasteiger partial charge in [-0.05, 0) is 36.8 Å². The predicted octanol–water partition coefficient (Wildman–Crippen LogP) is 6.90. The van der Waals surface area contributed by atoms with Crippen LogP contribution >= 0.6 is 11.6 Å². The number of aromatic nitrogens is 2. The van der Waals surface area contributed by atoms with Crippen LogP contribution in [0.3, 0.4) is 0 Å². The van der Waals surface area contributed by atoms with Gasteiger partial charge in [0.2, 0.25) is 5.95 Å². The number of hydrogen-bond acceptors (Lipinski definition) is 3. The molecule has 0 spiro atoms. The number of phenols is 1. The SMILES string of the molecule is CCCCCCCCCn1c(N=Cc2cc(Cl)ccc2O)nc2ccccc21. The van der Waals surface area contributed by atoms with E-state index in [0.717, 1.165) is 24.0 Å². The van der Waals surface area contributed by atoms with Crippen LogP contribution in [0.25, 0.3) is 11.0 Å². The van der Waals surface area contributed by atoms with E-state index >= 15 is 0 Å². The zero-order chi connectivity index (χ0) is 19.8. The van der Waals surface area contributed by atoms with Crippen molar-refractivity contribution in [2.45, 2.75) is 58.4 Å². The van der Waals surface area contributed by atoms with Crippen LogP contribution in [0, 0.1) is 0 Å². The number of rotatable bonds is 10. The van der Waals surface area contributed by atoms with E-state index in [-0.39, 0.29) is 5.75 Å². The van der Waals surface area contributed by atoms with Crippen LogP contribution in [0.15, 0.2) is 47.5 Å². The van der Waals surface area contributed by atoms with E-state index < -0.39 is 0 Å². The van der Waals surface area contributed by atoms with Gasteiger partial charge in [-0.3, -0.25) is 0 Å². The third kappa shape index (κ3) is 5.35. The Bertz CT molecular complexity index is 933. The number of hydrogen-bond donors (Lipinski definition) is 1. The van der Waals surface area contributed by atoms with Crippen molar-refractivity contribution in [3.63, 3.8) is 0 Å². The van der Waals surface area contributed by atoms with E-state index in [2.05, 4.69) is 27.5 Å². The van der Waals surface area contributed by atoms with Crippen molar-refractivity contribution in [3.8, 4) is 5.75 Å². The fourth-order valence-corrected chi connectivity index (χ4v) is 3.55. The van der Waals surface area contributed by atoms with Crippen LogP contribution in [-0.4, -0.2) is 20.9 Å². The molecule has 0 radical (unpaired) electrons. The minimum atomic E-state index is 0.155. The lowest BCUT2D eigenvalue weighted by molar-refractivity contribution is 0.474. The van der Waals surface area contributed by atoms with Crippen LogP contribution in [0.5, 0.6) is 5.75 Å². The maximum atomic E-state index is 10.0. The first-order valence-corrected chi connectivity index (χ1v) is 10.5. The van der Waals surface area contributed by atoms with Crippen molar-refractivity contribution >= 4 is 34.8 Å². The van der Waals surface area contributed by atoms with E-state index in [1.54, 1.807) is 24.4 Å². The van der Waals surface area contributed by atoms with E-state index in [9.17, 15) is 5.11 Å². The lowest BCUT2D eigenvalue weighted by atomic mass is 10.1. The molecule has 1 N–H and O–H groups in total. The van der Waals surface area contributed by atoms with Gasteiger partial charge >= 0.3 is 0 Å². The third-order valence-corrected chi connectivity index (χ3v) is 5.16. The molecule has 0 saturated carbocycles. The van der Waals surface area contributed by atoms with Gasteiger partial charge in [-0.25, -0.2) is 9.98 Å². The van der Waals surface area contributed by atoms with Gasteiger partial charge in [0.15, 0.2) is 0 Å². The van der Waals surface area contributed by atoms with E-state index in [0.29, 0.717) is 16.5 Å². The largest absolute Gasteiger partial charge is 0.507 e. The van der Waals surface area contributed by atoms with Crippen molar-refractivity contribution in [2.24, 2.45) is 4.99 Å². The standard InChI is InChI=1S/C23H28ClN3O/c1-2-3-4-5-6-7-10-15-27-21-12-9-8-11-20(21)26-23(27)25-17-18-16-19(24)13-14-22(18)28/h8-9,11-14,16-17,28H,2-7,10,15H2,1H3. The zero-order valence-electron chi connectivity index (χ0n) is 16.4. The molecule has 0 unspecified atom stereocenters. The lowest BCUT2D eigenvalue weighted by Crippen LogP contribution is -1.98. The Morgan fingerprint density at radius 1 is 1.04 bits per heavy atom. The van der Waals surface area contributed by atoms with Gasteiger partial charge in [-0.1, -0.05) is 69.2 Å². The average molecular weight is 398 g/mol. The molecular weight excluding hydrogens is 370 g/mol. The minimum absolute atomic E-state index is 0.155. The molecule has 0 amide bonds. The van der Waals surface area contributed by atoms with Crippen LogP contribution in [0.1, 0.15) is 57.4 Å². The number of aliphatic imine (C=N–C) groups is 1. The molecule has 0 bridgehead atoms. The van der Waals surface area contributed by atoms with Gasteiger partial charge in [0.1, 0.15) is 5.75 Å². The molecule has 1 aromatic heterocycles. The van der Waals surface area contributed by atoms with Crippen LogP contribution in [0.2, 0.25) is 5.02 Å². The summed E-state index contributed by atoms with van der Waals surface area (Å²) in [6.45, 7) is 3.14. The number of unbranched alkanes of at least 4 members (excludes halogenated alkanes) is 6. The first-order chi connectivity index (χ1) is 13.7. The Labute approximate surface area is 171 Å². The van der Waals surface area contributed by atoms with E-state index in [1.807, 2.05) is 18.2 Å². The number of nitrogens with zero attached hydrogens (tertiary/aromatic N) is 3. The van der Waals surface area contributed by atoms with Gasteiger partial charge in [0.05, 0.1) is 11.0 Å². The Balaban J connectivity index is 1.73. The Morgan fingerprint density at radius 3 is 2.61 bits per heavy atom. The molecule has 3 rings (SSSR count). The number of benzene rings is 2. The Hall–Kier alpha value is -2.33. The number of aryl methyl sites for hydroxylation is 1. The summed E-state index contributed by atoms with van der Waals surface area (Å²) in [7, 11) is 0. The molecule has 5 heteroatoms. The van der Waals surface area contributed by atoms with Gasteiger partial charge in [-0.2, -0.15) is 0 Å². The van der Waals surface area contributed by atoms with Crippen molar-refractivity contribution in [3.05, 3.63) is 53.1 Å². The monoisotopic (exact) mass is 397 g/mol. The molecule has 2 aromatic carbocycles. The summed E-state index contributed by atoms with van der Waals surface area (Å²) in [6.07, 6.45) is 10.5. The highest BCUT2D eigenvalue weighted by Crippen LogP contribution is 2.24. The molecule has 0 saturated heterocycles. The van der Waals surface area contributed by atoms with Crippen molar-refractivity contribution in [2.75, 3.05) is 0 Å². The van der Waals surface area contributed by atoms with Gasteiger partial charge in [0, 0.05) is 23.3 Å². The highest BCUT2D eigenvalue weighted by molar-refractivity contribution is 6.30. The summed E-state index contributed by atoms with van der Waals surface area (Å²) in [4.78, 5) is 9.23. The first-order valence-electron chi connectivity index (χ1n) is 10.2. The van der Waals surface area contributed by atoms with Gasteiger partial charge in [-0.15, -0.1) is 0 Å². The summed E-state index contributed by atoms with van der Waals surface area (Å²) < 4.78 is 2.17. The molecule has 148 valence electrons. The number of para-hydroxylation sites is 2. The number of imidazole rings is 1. The molecule has 0 aliphatic carbocycles. The molecule has 0 aliphatic rings. The fourth-order valence-electron chi connectivity index (χ4n) is 3.36. The summed E-state index contributed by atoms with van der Waals surface area (Å²) in [5.74, 6) is 0.814. The Kier molecular flexibility index (Phi) is 7.49. The molecule has 4 nitrogen and oxygen atoms in total. The van der Waals surface area contributed by atoms with Crippen molar-refractivity contribution in [1.29, 1.82) is 0 Å². The molecule has 0 atom stereocenters. The summed E-state index contributed by atoms with van der Waals surface area (Å²) in [5.41, 5.74) is 2.62. The zero-order valence-corrected chi connectivity index (χ0v) is 17.2. The fraction of sp³-hybridized carbons (Fsp3) is 0.391. The quantitative estimate of drug-likeness (QED) is 0.299. The summed E-state index contributed by atoms with van der Waals surface area (Å²) >= 11 is 6.03. The second-order valence-corrected chi connectivity index (χ2v) is 7.57. The van der Waals surface area contributed by atoms with Crippen LogP contribution in [0.4, 0.5) is 5.95 Å². The third-order valence-electron chi connectivity index (χ3n) is 4.93. The summed E-state index contributed by atoms with van der Waals surface area (Å²) in [6, 6.07) is 13.0.